The van der Waals surface area contributed by atoms with Gasteiger partial charge < -0.3 is 14.8 Å². The number of fused-ring (bicyclic) bond motifs is 1. The van der Waals surface area contributed by atoms with Gasteiger partial charge in [0.1, 0.15) is 12.4 Å². The third-order valence-corrected chi connectivity index (χ3v) is 3.53. The Hall–Kier alpha value is -1.27. The number of alkyl halides is 3. The molecule has 0 radical (unpaired) electrons. The Bertz CT molecular complexity index is 462. The van der Waals surface area contributed by atoms with Crippen molar-refractivity contribution < 1.29 is 22.6 Å². The van der Waals surface area contributed by atoms with Gasteiger partial charge in [-0.3, -0.25) is 0 Å². The van der Waals surface area contributed by atoms with Gasteiger partial charge in [0.2, 0.25) is 0 Å². The first-order chi connectivity index (χ1) is 9.44. The Balaban J connectivity index is 2.15. The molecule has 1 aromatic rings. The van der Waals surface area contributed by atoms with E-state index in [0.29, 0.717) is 12.8 Å². The molecule has 2 rings (SSSR count). The predicted molar refractivity (Wildman–Crippen MR) is 68.9 cm³/mol. The Kier molecular flexibility index (Phi) is 4.55. The van der Waals surface area contributed by atoms with Gasteiger partial charge in [-0.15, -0.1) is 0 Å². The lowest BCUT2D eigenvalue weighted by Gasteiger charge is -2.33. The molecule has 0 bridgehead atoms. The van der Waals surface area contributed by atoms with Gasteiger partial charge in [0.25, 0.3) is 0 Å². The van der Waals surface area contributed by atoms with Crippen LogP contribution in [0.4, 0.5) is 13.2 Å². The van der Waals surface area contributed by atoms with E-state index in [0.717, 1.165) is 16.9 Å². The maximum atomic E-state index is 12.3. The fourth-order valence-electron chi connectivity index (χ4n) is 2.62. The van der Waals surface area contributed by atoms with Crippen LogP contribution in [0.1, 0.15) is 23.6 Å². The van der Waals surface area contributed by atoms with Crippen molar-refractivity contribution in [3.8, 4) is 5.75 Å². The molecule has 2 atom stereocenters. The fourth-order valence-corrected chi connectivity index (χ4v) is 2.62. The van der Waals surface area contributed by atoms with Gasteiger partial charge in [-0.1, -0.05) is 6.07 Å². The SMILES string of the molecule is CNC1c2ccc(OC)cc2CCC1OCC(F)(F)F. The molecule has 0 saturated heterocycles. The lowest BCUT2D eigenvalue weighted by molar-refractivity contribution is -0.189. The van der Waals surface area contributed by atoms with Crippen molar-refractivity contribution >= 4 is 0 Å². The minimum absolute atomic E-state index is 0.230. The number of benzene rings is 1. The number of aryl methyl sites for hydroxylation is 1. The van der Waals surface area contributed by atoms with E-state index in [1.54, 1.807) is 14.2 Å². The van der Waals surface area contributed by atoms with E-state index in [9.17, 15) is 13.2 Å². The highest BCUT2D eigenvalue weighted by molar-refractivity contribution is 5.39. The van der Waals surface area contributed by atoms with Crippen molar-refractivity contribution in [2.75, 3.05) is 20.8 Å². The van der Waals surface area contributed by atoms with Crippen LogP contribution in [-0.4, -0.2) is 33.0 Å². The third kappa shape index (κ3) is 3.43. The Labute approximate surface area is 116 Å². The summed E-state index contributed by atoms with van der Waals surface area (Å²) in [5, 5.41) is 3.05. The molecular formula is C14H18F3NO2. The van der Waals surface area contributed by atoms with E-state index >= 15 is 0 Å². The lowest BCUT2D eigenvalue weighted by atomic mass is 9.85. The Morgan fingerprint density at radius 2 is 2.10 bits per heavy atom. The summed E-state index contributed by atoms with van der Waals surface area (Å²) in [6.07, 6.45) is -3.52. The second-order valence-electron chi connectivity index (χ2n) is 4.83. The smallest absolute Gasteiger partial charge is 0.411 e. The number of rotatable bonds is 4. The van der Waals surface area contributed by atoms with E-state index in [1.807, 2.05) is 18.2 Å². The number of hydrogen-bond acceptors (Lipinski definition) is 3. The number of ether oxygens (including phenoxy) is 2. The molecule has 0 heterocycles. The van der Waals surface area contributed by atoms with E-state index < -0.39 is 18.9 Å². The summed E-state index contributed by atoms with van der Waals surface area (Å²) in [6.45, 7) is -1.21. The van der Waals surface area contributed by atoms with Crippen molar-refractivity contribution in [2.45, 2.75) is 31.2 Å². The first kappa shape index (κ1) is 15.1. The summed E-state index contributed by atoms with van der Waals surface area (Å²) in [5.74, 6) is 0.758. The highest BCUT2D eigenvalue weighted by Crippen LogP contribution is 2.34. The summed E-state index contributed by atoms with van der Waals surface area (Å²) in [5.41, 5.74) is 2.07. The normalized spacial score (nSPS) is 22.4. The average molecular weight is 289 g/mol. The van der Waals surface area contributed by atoms with Gasteiger partial charge in [0.05, 0.1) is 19.3 Å². The van der Waals surface area contributed by atoms with Crippen molar-refractivity contribution in [3.63, 3.8) is 0 Å². The minimum Gasteiger partial charge on any atom is -0.497 e. The Morgan fingerprint density at radius 3 is 2.70 bits per heavy atom. The molecule has 112 valence electrons. The van der Waals surface area contributed by atoms with Crippen LogP contribution in [0, 0.1) is 0 Å². The number of halogens is 3. The quantitative estimate of drug-likeness (QED) is 0.924. The minimum atomic E-state index is -4.29. The number of likely N-dealkylation sites (N-methyl/N-ethyl adjacent to an activating group) is 1. The molecule has 0 fully saturated rings. The lowest BCUT2D eigenvalue weighted by Crippen LogP contribution is -2.37. The van der Waals surface area contributed by atoms with Crippen molar-refractivity contribution in [1.29, 1.82) is 0 Å². The zero-order valence-electron chi connectivity index (χ0n) is 11.5. The standard InChI is InChI=1S/C14H18F3NO2/c1-18-13-11-5-4-10(19-2)7-9(11)3-6-12(13)20-8-14(15,16)17/h4-5,7,12-13,18H,3,6,8H2,1-2H3. The van der Waals surface area contributed by atoms with Crippen LogP contribution >= 0.6 is 0 Å². The van der Waals surface area contributed by atoms with E-state index in [-0.39, 0.29) is 6.04 Å². The number of nitrogens with one attached hydrogen (secondary N) is 1. The van der Waals surface area contributed by atoms with Crippen LogP contribution in [0.25, 0.3) is 0 Å². The first-order valence-corrected chi connectivity index (χ1v) is 6.47. The molecule has 1 aliphatic rings. The molecule has 0 saturated carbocycles. The van der Waals surface area contributed by atoms with Gasteiger partial charge in [-0.2, -0.15) is 13.2 Å². The van der Waals surface area contributed by atoms with Crippen LogP contribution in [0.2, 0.25) is 0 Å². The molecule has 0 amide bonds. The second-order valence-corrected chi connectivity index (χ2v) is 4.83. The zero-order valence-corrected chi connectivity index (χ0v) is 11.5. The molecular weight excluding hydrogens is 271 g/mol. The van der Waals surface area contributed by atoms with Crippen LogP contribution in [-0.2, 0) is 11.2 Å². The molecule has 6 heteroatoms. The average Bonchev–Trinajstić information content (AvgIpc) is 2.42. The monoisotopic (exact) mass is 289 g/mol. The van der Waals surface area contributed by atoms with Gasteiger partial charge in [-0.25, -0.2) is 0 Å². The van der Waals surface area contributed by atoms with Gasteiger partial charge in [0, 0.05) is 0 Å². The first-order valence-electron chi connectivity index (χ1n) is 6.47. The summed E-state index contributed by atoms with van der Waals surface area (Å²) in [7, 11) is 3.32. The fraction of sp³-hybridized carbons (Fsp3) is 0.571. The van der Waals surface area contributed by atoms with E-state index in [2.05, 4.69) is 5.32 Å². The van der Waals surface area contributed by atoms with E-state index in [4.69, 9.17) is 9.47 Å². The predicted octanol–water partition coefficient (Wildman–Crippen LogP) is 2.85. The van der Waals surface area contributed by atoms with E-state index in [1.165, 1.54) is 0 Å². The maximum Gasteiger partial charge on any atom is 0.411 e. The molecule has 0 spiro atoms. The molecule has 20 heavy (non-hydrogen) atoms. The molecule has 0 aliphatic heterocycles. The summed E-state index contributed by atoms with van der Waals surface area (Å²) in [6, 6.07) is 5.40. The molecule has 1 aromatic carbocycles. The van der Waals surface area contributed by atoms with Crippen LogP contribution in [0.5, 0.6) is 5.75 Å². The summed E-state index contributed by atoms with van der Waals surface area (Å²) < 4.78 is 47.0. The zero-order chi connectivity index (χ0) is 14.8. The van der Waals surface area contributed by atoms with Gasteiger partial charge >= 0.3 is 6.18 Å². The van der Waals surface area contributed by atoms with Crippen molar-refractivity contribution in [1.82, 2.24) is 5.32 Å². The molecule has 0 aromatic heterocycles. The van der Waals surface area contributed by atoms with Crippen LogP contribution in [0.15, 0.2) is 18.2 Å². The topological polar surface area (TPSA) is 30.5 Å². The van der Waals surface area contributed by atoms with Gasteiger partial charge in [0.15, 0.2) is 0 Å². The Morgan fingerprint density at radius 1 is 1.35 bits per heavy atom. The maximum absolute atomic E-state index is 12.3. The summed E-state index contributed by atoms with van der Waals surface area (Å²) >= 11 is 0. The number of hydrogen-bond donors (Lipinski definition) is 1. The second kappa shape index (κ2) is 6.01. The summed E-state index contributed by atoms with van der Waals surface area (Å²) in [4.78, 5) is 0. The largest absolute Gasteiger partial charge is 0.497 e. The molecule has 3 nitrogen and oxygen atoms in total. The van der Waals surface area contributed by atoms with Gasteiger partial charge in [-0.05, 0) is 43.1 Å². The molecule has 2 unspecified atom stereocenters. The molecule has 1 N–H and O–H groups in total. The highest BCUT2D eigenvalue weighted by atomic mass is 19.4. The third-order valence-electron chi connectivity index (χ3n) is 3.53. The number of methoxy groups -OCH3 is 1. The van der Waals surface area contributed by atoms with Crippen molar-refractivity contribution in [2.24, 2.45) is 0 Å². The molecule has 1 aliphatic carbocycles. The highest BCUT2D eigenvalue weighted by Gasteiger charge is 2.34. The van der Waals surface area contributed by atoms with Crippen LogP contribution in [0.3, 0.4) is 0 Å². The van der Waals surface area contributed by atoms with Crippen LogP contribution < -0.4 is 10.1 Å². The van der Waals surface area contributed by atoms with Crippen molar-refractivity contribution in [3.05, 3.63) is 29.3 Å².